The first-order chi connectivity index (χ1) is 19.4. The molecule has 2 N–H and O–H groups in total. The second-order valence-corrected chi connectivity index (χ2v) is 11.9. The zero-order valence-corrected chi connectivity index (χ0v) is 24.3. The summed E-state index contributed by atoms with van der Waals surface area (Å²) in [4.78, 5) is 55.0. The maximum atomic E-state index is 13.5. The summed E-state index contributed by atoms with van der Waals surface area (Å²) in [5.74, 6) is -1.88. The third-order valence-electron chi connectivity index (χ3n) is 7.17. The highest BCUT2D eigenvalue weighted by atomic mass is 32.1. The zero-order chi connectivity index (χ0) is 28.2. The smallest absolute Gasteiger partial charge is 0.341 e. The molecule has 0 saturated heterocycles. The fourth-order valence-corrected chi connectivity index (χ4v) is 7.91. The van der Waals surface area contributed by atoms with Gasteiger partial charge in [-0.2, -0.15) is 0 Å². The van der Waals surface area contributed by atoms with E-state index in [0.29, 0.717) is 21.1 Å². The molecule has 40 heavy (non-hydrogen) atoms. The highest BCUT2D eigenvalue weighted by Gasteiger charge is 2.30. The number of anilines is 2. The fourth-order valence-electron chi connectivity index (χ4n) is 5.37. The second-order valence-electron chi connectivity index (χ2n) is 9.72. The lowest BCUT2D eigenvalue weighted by molar-refractivity contribution is 0.0516. The van der Waals surface area contributed by atoms with E-state index in [0.717, 1.165) is 72.2 Å². The van der Waals surface area contributed by atoms with Gasteiger partial charge in [-0.25, -0.2) is 9.59 Å². The molecule has 5 rings (SSSR count). The molecule has 1 aromatic carbocycles. The van der Waals surface area contributed by atoms with Gasteiger partial charge in [0.2, 0.25) is 0 Å². The number of carbonyl (C=O) groups excluding carboxylic acids is 4. The summed E-state index contributed by atoms with van der Waals surface area (Å²) in [6, 6.07) is 6.53. The Hall–Kier alpha value is -3.50. The van der Waals surface area contributed by atoms with E-state index >= 15 is 0 Å². The van der Waals surface area contributed by atoms with Crippen LogP contribution in [0.3, 0.4) is 0 Å². The molecule has 8 nitrogen and oxygen atoms in total. The van der Waals surface area contributed by atoms with Gasteiger partial charge in [0, 0.05) is 9.75 Å². The number of thiophene rings is 2. The average Bonchev–Trinajstić information content (AvgIpc) is 3.50. The summed E-state index contributed by atoms with van der Waals surface area (Å²) in [7, 11) is 0. The van der Waals surface area contributed by atoms with Crippen molar-refractivity contribution in [3.8, 4) is 0 Å². The summed E-state index contributed by atoms with van der Waals surface area (Å²) >= 11 is 2.80. The Balaban J connectivity index is 1.43. The molecule has 3 aromatic rings. The number of aryl methyl sites for hydroxylation is 2. The van der Waals surface area contributed by atoms with Crippen LogP contribution in [0.25, 0.3) is 0 Å². The van der Waals surface area contributed by atoms with Crippen LogP contribution in [-0.2, 0) is 35.2 Å². The van der Waals surface area contributed by atoms with Crippen LogP contribution in [-0.4, -0.2) is 37.0 Å². The highest BCUT2D eigenvalue weighted by molar-refractivity contribution is 7.17. The third kappa shape index (κ3) is 5.55. The first-order valence-electron chi connectivity index (χ1n) is 13.8. The quantitative estimate of drug-likeness (QED) is 0.297. The molecule has 0 unspecified atom stereocenters. The number of hydrogen-bond donors (Lipinski definition) is 2. The molecule has 0 bridgehead atoms. The Morgan fingerprint density at radius 3 is 1.48 bits per heavy atom. The van der Waals surface area contributed by atoms with E-state index in [1.54, 1.807) is 38.1 Å². The van der Waals surface area contributed by atoms with Gasteiger partial charge in [-0.1, -0.05) is 12.1 Å². The molecule has 2 amide bonds. The van der Waals surface area contributed by atoms with E-state index in [4.69, 9.17) is 9.47 Å². The molecule has 0 spiro atoms. The van der Waals surface area contributed by atoms with E-state index < -0.39 is 23.8 Å². The third-order valence-corrected chi connectivity index (χ3v) is 9.59. The first kappa shape index (κ1) is 28.0. The Morgan fingerprint density at radius 1 is 0.675 bits per heavy atom. The molecule has 0 radical (unpaired) electrons. The van der Waals surface area contributed by atoms with Crippen LogP contribution in [0.15, 0.2) is 24.3 Å². The minimum Gasteiger partial charge on any atom is -0.462 e. The van der Waals surface area contributed by atoms with Gasteiger partial charge in [0.25, 0.3) is 11.8 Å². The Labute approximate surface area is 241 Å². The molecular formula is C30H32N2O6S2. The monoisotopic (exact) mass is 580 g/mol. The van der Waals surface area contributed by atoms with Crippen molar-refractivity contribution in [1.29, 1.82) is 0 Å². The van der Waals surface area contributed by atoms with Gasteiger partial charge in [-0.15, -0.1) is 22.7 Å². The zero-order valence-electron chi connectivity index (χ0n) is 22.6. The van der Waals surface area contributed by atoms with E-state index in [9.17, 15) is 19.2 Å². The predicted octanol–water partition coefficient (Wildman–Crippen LogP) is 6.43. The topological polar surface area (TPSA) is 111 Å². The number of benzene rings is 1. The van der Waals surface area contributed by atoms with Gasteiger partial charge in [0.1, 0.15) is 10.0 Å². The second kappa shape index (κ2) is 12.3. The Morgan fingerprint density at radius 2 is 1.07 bits per heavy atom. The molecule has 0 saturated carbocycles. The summed E-state index contributed by atoms with van der Waals surface area (Å²) < 4.78 is 10.6. The van der Waals surface area contributed by atoms with E-state index in [-0.39, 0.29) is 24.3 Å². The molecule has 0 atom stereocenters. The van der Waals surface area contributed by atoms with Crippen LogP contribution < -0.4 is 10.6 Å². The van der Waals surface area contributed by atoms with Crippen molar-refractivity contribution in [1.82, 2.24) is 0 Å². The van der Waals surface area contributed by atoms with Gasteiger partial charge in [-0.05, 0) is 88.5 Å². The van der Waals surface area contributed by atoms with Crippen molar-refractivity contribution < 1.29 is 28.7 Å². The number of esters is 2. The molecule has 2 aliphatic rings. The van der Waals surface area contributed by atoms with Crippen LogP contribution in [0, 0.1) is 0 Å². The molecule has 2 heterocycles. The van der Waals surface area contributed by atoms with Crippen LogP contribution in [0.1, 0.15) is 102 Å². The fraction of sp³-hybridized carbons (Fsp3) is 0.400. The number of amides is 2. The molecular weight excluding hydrogens is 548 g/mol. The summed E-state index contributed by atoms with van der Waals surface area (Å²) in [5.41, 5.74) is 3.06. The molecule has 210 valence electrons. The summed E-state index contributed by atoms with van der Waals surface area (Å²) in [6.45, 7) is 3.97. The molecule has 2 aromatic heterocycles. The van der Waals surface area contributed by atoms with E-state index in [1.165, 1.54) is 22.7 Å². The first-order valence-corrected chi connectivity index (χ1v) is 15.4. The van der Waals surface area contributed by atoms with E-state index in [2.05, 4.69) is 10.6 Å². The van der Waals surface area contributed by atoms with Crippen molar-refractivity contribution in [2.45, 2.75) is 65.2 Å². The average molecular weight is 581 g/mol. The Kier molecular flexibility index (Phi) is 8.66. The van der Waals surface area contributed by atoms with Gasteiger partial charge in [0.15, 0.2) is 0 Å². The highest BCUT2D eigenvalue weighted by Crippen LogP contribution is 2.40. The maximum absolute atomic E-state index is 13.5. The normalized spacial score (nSPS) is 14.1. The molecule has 0 aliphatic heterocycles. The predicted molar refractivity (Wildman–Crippen MR) is 156 cm³/mol. The molecule has 0 fully saturated rings. The van der Waals surface area contributed by atoms with Crippen molar-refractivity contribution in [3.05, 3.63) is 67.4 Å². The Bertz CT molecular complexity index is 1360. The van der Waals surface area contributed by atoms with E-state index in [1.807, 2.05) is 0 Å². The van der Waals surface area contributed by atoms with Crippen molar-refractivity contribution in [2.24, 2.45) is 0 Å². The van der Waals surface area contributed by atoms with Crippen LogP contribution in [0.4, 0.5) is 10.0 Å². The summed E-state index contributed by atoms with van der Waals surface area (Å²) in [6.07, 6.45) is 7.27. The van der Waals surface area contributed by atoms with Gasteiger partial charge < -0.3 is 20.1 Å². The number of fused-ring (bicyclic) bond motifs is 2. The van der Waals surface area contributed by atoms with Crippen molar-refractivity contribution in [2.75, 3.05) is 23.8 Å². The van der Waals surface area contributed by atoms with Crippen molar-refractivity contribution >= 4 is 56.4 Å². The van der Waals surface area contributed by atoms with Crippen LogP contribution in [0.2, 0.25) is 0 Å². The van der Waals surface area contributed by atoms with Gasteiger partial charge >= 0.3 is 11.9 Å². The largest absolute Gasteiger partial charge is 0.462 e. The lowest BCUT2D eigenvalue weighted by Crippen LogP contribution is -2.21. The molecule has 2 aliphatic carbocycles. The van der Waals surface area contributed by atoms with Crippen molar-refractivity contribution in [3.63, 3.8) is 0 Å². The van der Waals surface area contributed by atoms with Gasteiger partial charge in [0.05, 0.1) is 35.5 Å². The SMILES string of the molecule is CCOC(=O)c1c(NC(=O)c2ccccc2C(=O)Nc2sc3c(c2C(=O)OCC)CCCC3)sc2c1CCCC2. The number of nitrogens with one attached hydrogen (secondary N) is 2. The van der Waals surface area contributed by atoms with Gasteiger partial charge in [-0.3, -0.25) is 9.59 Å². The van der Waals surface area contributed by atoms with Crippen LogP contribution >= 0.6 is 22.7 Å². The summed E-state index contributed by atoms with van der Waals surface area (Å²) in [5, 5.41) is 6.68. The lowest BCUT2D eigenvalue weighted by atomic mass is 9.95. The minimum atomic E-state index is -0.494. The maximum Gasteiger partial charge on any atom is 0.341 e. The molecule has 10 heteroatoms. The minimum absolute atomic E-state index is 0.167. The number of rotatable bonds is 8. The lowest BCUT2D eigenvalue weighted by Gasteiger charge is -2.13. The number of ether oxygens (including phenoxy) is 2. The standard InChI is InChI=1S/C30H32N2O6S2/c1-3-37-29(35)23-19-13-7-9-15-21(19)39-27(23)31-25(33)17-11-5-6-12-18(17)26(34)32-28-24(30(36)38-4-2)20-14-8-10-16-22(20)40-28/h5-6,11-12H,3-4,7-10,13-16H2,1-2H3,(H,31,33)(H,32,34). The van der Waals surface area contributed by atoms with Crippen LogP contribution in [0.5, 0.6) is 0 Å². The number of hydrogen-bond acceptors (Lipinski definition) is 8. The number of carbonyl (C=O) groups is 4.